The fourth-order valence-electron chi connectivity index (χ4n) is 7.27. The summed E-state index contributed by atoms with van der Waals surface area (Å²) < 4.78 is 0. The van der Waals surface area contributed by atoms with Crippen LogP contribution in [-0.4, -0.2) is 180 Å². The van der Waals surface area contributed by atoms with E-state index in [0.717, 1.165) is 9.80 Å². The molecule has 21 heteroatoms. The predicted molar refractivity (Wildman–Crippen MR) is 264 cm³/mol. The number of hydrogen-bond acceptors (Lipinski definition) is 11. The van der Waals surface area contributed by atoms with E-state index in [4.69, 9.17) is 0 Å². The van der Waals surface area contributed by atoms with Crippen molar-refractivity contribution in [3.63, 3.8) is 0 Å². The quantitative estimate of drug-likeness (QED) is 0.0605. The second-order valence-corrected chi connectivity index (χ2v) is 19.5. The Morgan fingerprint density at radius 3 is 1.41 bits per heavy atom. The van der Waals surface area contributed by atoms with E-state index >= 15 is 0 Å². The summed E-state index contributed by atoms with van der Waals surface area (Å²) in [5.74, 6) is -6.82. The van der Waals surface area contributed by atoms with Crippen LogP contribution in [0.5, 0.6) is 0 Å². The number of carboxylic acids is 1. The SMILES string of the molecule is CN[C@@H](C)C(=O)N[C@@H](CC(C)C)C(=O)N(C)[C@@H](CC(C)C)C(=O)N[C@@H](C)C(=O)N(C)[C@@H](Cc1ccccc1)C(=O)NCC(=O)N(C)[C@@H](C)C(=O)N[C@@H](CC(C)C)C(=O)N(C)[C@@H](C)C(=O)N[C@@H](C)C(=O)O. The summed E-state index contributed by atoms with van der Waals surface area (Å²) in [6, 6.07) is -0.514. The molecule has 0 radical (unpaired) electrons. The Morgan fingerprint density at radius 2 is 0.929 bits per heavy atom. The molecule has 0 spiro atoms. The van der Waals surface area contributed by atoms with Crippen LogP contribution in [0.25, 0.3) is 0 Å². The van der Waals surface area contributed by atoms with Gasteiger partial charge in [-0.1, -0.05) is 71.9 Å². The smallest absolute Gasteiger partial charge is 0.325 e. The van der Waals surface area contributed by atoms with Crippen molar-refractivity contribution in [2.45, 2.75) is 156 Å². The van der Waals surface area contributed by atoms with Gasteiger partial charge in [-0.3, -0.25) is 47.9 Å². The maximum Gasteiger partial charge on any atom is 0.325 e. The topological polar surface area (TPSA) is 276 Å². The van der Waals surface area contributed by atoms with E-state index in [1.165, 1.54) is 65.7 Å². The minimum Gasteiger partial charge on any atom is -0.480 e. The van der Waals surface area contributed by atoms with E-state index in [-0.39, 0.29) is 42.9 Å². The van der Waals surface area contributed by atoms with Crippen LogP contribution in [-0.2, 0) is 54.4 Å². The minimum absolute atomic E-state index is 0.0271. The summed E-state index contributed by atoms with van der Waals surface area (Å²) in [6.45, 7) is 18.0. The summed E-state index contributed by atoms with van der Waals surface area (Å²) in [7, 11) is 7.24. The van der Waals surface area contributed by atoms with E-state index in [1.807, 2.05) is 41.5 Å². The van der Waals surface area contributed by atoms with Gasteiger partial charge in [0.1, 0.15) is 48.3 Å². The second kappa shape index (κ2) is 29.2. The number of benzene rings is 1. The van der Waals surface area contributed by atoms with Crippen molar-refractivity contribution in [2.24, 2.45) is 17.8 Å². The highest BCUT2D eigenvalue weighted by atomic mass is 16.4. The zero-order chi connectivity index (χ0) is 53.9. The van der Waals surface area contributed by atoms with Gasteiger partial charge in [-0.05, 0) is 84.2 Å². The monoisotopic (exact) mass is 987 g/mol. The molecule has 9 amide bonds. The number of amides is 9. The largest absolute Gasteiger partial charge is 0.480 e. The van der Waals surface area contributed by atoms with E-state index in [0.29, 0.717) is 12.0 Å². The number of carbonyl (C=O) groups is 10. The molecule has 0 saturated carbocycles. The van der Waals surface area contributed by atoms with Gasteiger partial charge in [0.25, 0.3) is 0 Å². The second-order valence-electron chi connectivity index (χ2n) is 19.5. The van der Waals surface area contributed by atoms with E-state index in [9.17, 15) is 53.1 Å². The van der Waals surface area contributed by atoms with E-state index < -0.39 is 114 Å². The van der Waals surface area contributed by atoms with Crippen LogP contribution in [0.15, 0.2) is 30.3 Å². The standard InChI is InChI=1S/C49H82N10O11/c1-27(2)22-36(47(67)57(14)34(11)42(62)53-32(9)49(69)70)55-43(63)33(10)56(13)40(60)26-51-44(64)39(25-35-20-18-17-19-21-35)58(15)46(66)31(8)52-45(65)38(24-29(5)6)59(16)48(68)37(23-28(3)4)54-41(61)30(7)50-12/h17-21,27-34,36-39,50H,22-26H2,1-16H3,(H,51,64)(H,52,65)(H,53,62)(H,54,61)(H,55,63)(H,69,70)/t30-,31-,32-,33-,34-,36-,37-,38-,39-/m0/s1. The maximum absolute atomic E-state index is 14.1. The van der Waals surface area contributed by atoms with Gasteiger partial charge in [0, 0.05) is 34.6 Å². The molecule has 0 aliphatic carbocycles. The molecule has 0 heterocycles. The molecule has 70 heavy (non-hydrogen) atoms. The first-order chi connectivity index (χ1) is 32.5. The Morgan fingerprint density at radius 1 is 0.486 bits per heavy atom. The highest BCUT2D eigenvalue weighted by Crippen LogP contribution is 2.17. The Balaban J connectivity index is 3.26. The average molecular weight is 987 g/mol. The van der Waals surface area contributed by atoms with E-state index in [2.05, 4.69) is 31.9 Å². The summed E-state index contributed by atoms with van der Waals surface area (Å²) in [5.41, 5.74) is 0.693. The van der Waals surface area contributed by atoms with Gasteiger partial charge >= 0.3 is 5.97 Å². The van der Waals surface area contributed by atoms with Crippen molar-refractivity contribution in [3.05, 3.63) is 35.9 Å². The molecule has 0 aliphatic rings. The molecule has 394 valence electrons. The van der Waals surface area contributed by atoms with E-state index in [1.54, 1.807) is 44.3 Å². The lowest BCUT2D eigenvalue weighted by atomic mass is 9.98. The van der Waals surface area contributed by atoms with Crippen LogP contribution < -0.4 is 31.9 Å². The van der Waals surface area contributed by atoms with Crippen LogP contribution in [0.3, 0.4) is 0 Å². The van der Waals surface area contributed by atoms with Gasteiger partial charge in [-0.2, -0.15) is 0 Å². The Kier molecular flexibility index (Phi) is 25.8. The third-order valence-electron chi connectivity index (χ3n) is 12.2. The molecule has 0 bridgehead atoms. The van der Waals surface area contributed by atoms with Crippen LogP contribution in [0.1, 0.15) is 101 Å². The molecule has 9 atom stereocenters. The average Bonchev–Trinajstić information content (AvgIpc) is 3.30. The normalized spacial score (nSPS) is 15.1. The van der Waals surface area contributed by atoms with Gasteiger partial charge in [0.15, 0.2) is 0 Å². The van der Waals surface area contributed by atoms with Gasteiger partial charge in [-0.15, -0.1) is 0 Å². The van der Waals surface area contributed by atoms with Crippen molar-refractivity contribution in [1.29, 1.82) is 0 Å². The summed E-state index contributed by atoms with van der Waals surface area (Å²) in [4.78, 5) is 138. The summed E-state index contributed by atoms with van der Waals surface area (Å²) in [6.07, 6.45) is 0.772. The van der Waals surface area contributed by atoms with Crippen molar-refractivity contribution < 1.29 is 53.1 Å². The highest BCUT2D eigenvalue weighted by Gasteiger charge is 2.37. The molecule has 0 unspecified atom stereocenters. The highest BCUT2D eigenvalue weighted by molar-refractivity contribution is 5.97. The number of carboxylic acid groups (broad SMARTS) is 1. The van der Waals surface area contributed by atoms with Crippen LogP contribution >= 0.6 is 0 Å². The van der Waals surface area contributed by atoms with Crippen LogP contribution in [0, 0.1) is 17.8 Å². The predicted octanol–water partition coefficient (Wildman–Crippen LogP) is 0.503. The first-order valence-corrected chi connectivity index (χ1v) is 24.0. The molecule has 0 aromatic heterocycles. The third-order valence-corrected chi connectivity index (χ3v) is 12.2. The molecule has 0 saturated heterocycles. The lowest BCUT2D eigenvalue weighted by Gasteiger charge is -2.34. The van der Waals surface area contributed by atoms with Crippen molar-refractivity contribution in [2.75, 3.05) is 41.8 Å². The Labute approximate surface area is 414 Å². The Hall–Kier alpha value is -6.12. The van der Waals surface area contributed by atoms with Crippen molar-refractivity contribution in [1.82, 2.24) is 51.5 Å². The summed E-state index contributed by atoms with van der Waals surface area (Å²) in [5, 5.41) is 25.2. The molecule has 0 fully saturated rings. The number of likely N-dealkylation sites (N-methyl/N-ethyl adjacent to an activating group) is 5. The molecule has 1 aromatic carbocycles. The van der Waals surface area contributed by atoms with Crippen LogP contribution in [0.2, 0.25) is 0 Å². The van der Waals surface area contributed by atoms with Crippen LogP contribution in [0.4, 0.5) is 0 Å². The van der Waals surface area contributed by atoms with Gasteiger partial charge < -0.3 is 56.6 Å². The van der Waals surface area contributed by atoms with Gasteiger partial charge in [0.2, 0.25) is 53.2 Å². The lowest BCUT2D eigenvalue weighted by Crippen LogP contribution is -2.59. The molecule has 21 nitrogen and oxygen atoms in total. The number of nitrogens with zero attached hydrogens (tertiary/aromatic N) is 4. The first kappa shape index (κ1) is 61.9. The fourth-order valence-corrected chi connectivity index (χ4v) is 7.27. The van der Waals surface area contributed by atoms with Crippen molar-refractivity contribution >= 4 is 59.1 Å². The molecular formula is C49H82N10O11. The maximum atomic E-state index is 14.1. The summed E-state index contributed by atoms with van der Waals surface area (Å²) >= 11 is 0. The number of nitrogens with one attached hydrogen (secondary N) is 6. The first-order valence-electron chi connectivity index (χ1n) is 24.0. The zero-order valence-corrected chi connectivity index (χ0v) is 44.2. The lowest BCUT2D eigenvalue weighted by molar-refractivity contribution is -0.145. The van der Waals surface area contributed by atoms with Gasteiger partial charge in [0.05, 0.1) is 12.6 Å². The molecule has 0 aliphatic heterocycles. The molecule has 7 N–H and O–H groups in total. The molecule has 1 aromatic rings. The Bertz CT molecular complexity index is 1970. The fraction of sp³-hybridized carbons (Fsp3) is 0.673. The van der Waals surface area contributed by atoms with Gasteiger partial charge in [-0.25, -0.2) is 0 Å². The zero-order valence-electron chi connectivity index (χ0n) is 44.2. The number of carbonyl (C=O) groups excluding carboxylic acids is 9. The third kappa shape index (κ3) is 19.3. The number of rotatable bonds is 28. The minimum atomic E-state index is -1.25. The molecule has 1 rings (SSSR count). The number of aliphatic carboxylic acids is 1. The number of hydrogen-bond donors (Lipinski definition) is 7. The van der Waals surface area contributed by atoms with Crippen molar-refractivity contribution in [3.8, 4) is 0 Å². The molecular weight excluding hydrogens is 905 g/mol.